The molecule has 0 aliphatic heterocycles. The first-order valence-corrected chi connectivity index (χ1v) is 5.19. The Balaban J connectivity index is 2.45. The lowest BCUT2D eigenvalue weighted by Gasteiger charge is -1.86. The molecule has 73 valence electrons. The summed E-state index contributed by atoms with van der Waals surface area (Å²) in [6.07, 6.45) is 26.5. The fourth-order valence-electron chi connectivity index (χ4n) is 1.15. The number of hydrogen-bond donors (Lipinski definition) is 0. The molecule has 0 saturated carbocycles. The summed E-state index contributed by atoms with van der Waals surface area (Å²) in [6.45, 7) is 0. The van der Waals surface area contributed by atoms with Crippen molar-refractivity contribution in [2.75, 3.05) is 0 Å². The molecule has 0 atom stereocenters. The zero-order chi connectivity index (χ0) is 9.90. The maximum absolute atomic E-state index is 3.14. The molecule has 0 saturated heterocycles. The van der Waals surface area contributed by atoms with Crippen LogP contribution in [0.4, 0.5) is 0 Å². The third-order valence-electron chi connectivity index (χ3n) is 1.91. The SMILES string of the molecule is [C]1=C/C/C=C/C/C=C\C=C\CC\C=C/1. The molecule has 0 spiro atoms. The zero-order valence-corrected chi connectivity index (χ0v) is 8.52. The van der Waals surface area contributed by atoms with Gasteiger partial charge in [0.25, 0.3) is 0 Å². The summed E-state index contributed by atoms with van der Waals surface area (Å²) >= 11 is 0. The average Bonchev–Trinajstić information content (AvgIpc) is 2.22. The molecule has 0 aromatic carbocycles. The summed E-state index contributed by atoms with van der Waals surface area (Å²) in [5, 5.41) is 0. The van der Waals surface area contributed by atoms with E-state index in [4.69, 9.17) is 0 Å². The van der Waals surface area contributed by atoms with Crippen molar-refractivity contribution < 1.29 is 0 Å². The second-order valence-corrected chi connectivity index (χ2v) is 3.15. The van der Waals surface area contributed by atoms with E-state index in [2.05, 4.69) is 54.7 Å². The van der Waals surface area contributed by atoms with Gasteiger partial charge in [-0.05, 0) is 31.8 Å². The standard InChI is InChI=1S/C14H17/c1-2-4-6-8-10-12-14-13-11-9-7-5-3-1/h1-4,7,9-10,12-13H,5-6,8,11H2/b3-1-,4-2+,9-7+,12-10-,14-13?. The van der Waals surface area contributed by atoms with Crippen molar-refractivity contribution in [3.63, 3.8) is 0 Å². The minimum absolute atomic E-state index is 0.980. The molecular weight excluding hydrogens is 168 g/mol. The van der Waals surface area contributed by atoms with E-state index in [0.717, 1.165) is 25.7 Å². The normalized spacial score (nSPS) is 29.7. The molecule has 14 heavy (non-hydrogen) atoms. The molecule has 0 heterocycles. The van der Waals surface area contributed by atoms with Crippen LogP contribution in [0.3, 0.4) is 0 Å². The van der Waals surface area contributed by atoms with Crippen LogP contribution in [0.25, 0.3) is 0 Å². The molecule has 0 bridgehead atoms. The minimum atomic E-state index is 0.980. The van der Waals surface area contributed by atoms with Gasteiger partial charge in [-0.25, -0.2) is 0 Å². The lowest BCUT2D eigenvalue weighted by atomic mass is 10.2. The Bertz CT molecular complexity index is 234. The molecule has 0 fully saturated rings. The summed E-state index contributed by atoms with van der Waals surface area (Å²) < 4.78 is 0. The predicted octanol–water partition coefficient (Wildman–Crippen LogP) is 4.14. The lowest BCUT2D eigenvalue weighted by Crippen LogP contribution is -1.66. The third-order valence-corrected chi connectivity index (χ3v) is 1.91. The topological polar surface area (TPSA) is 0 Å². The molecule has 1 rings (SSSR count). The van der Waals surface area contributed by atoms with Crippen molar-refractivity contribution >= 4 is 0 Å². The summed E-state index contributed by atoms with van der Waals surface area (Å²) in [4.78, 5) is 0. The van der Waals surface area contributed by atoms with Crippen LogP contribution < -0.4 is 0 Å². The van der Waals surface area contributed by atoms with Crippen LogP contribution in [0.15, 0.2) is 54.7 Å². The highest BCUT2D eigenvalue weighted by atomic mass is 13.8. The highest BCUT2D eigenvalue weighted by molar-refractivity contribution is 5.07. The van der Waals surface area contributed by atoms with Crippen LogP contribution in [0.2, 0.25) is 0 Å². The molecule has 0 aromatic rings. The van der Waals surface area contributed by atoms with Crippen LogP contribution in [-0.2, 0) is 0 Å². The van der Waals surface area contributed by atoms with Gasteiger partial charge >= 0.3 is 0 Å². The molecule has 0 aromatic heterocycles. The van der Waals surface area contributed by atoms with Gasteiger partial charge in [0.2, 0.25) is 0 Å². The molecule has 0 nitrogen and oxygen atoms in total. The second kappa shape index (κ2) is 8.31. The largest absolute Gasteiger partial charge is 0.0844 e. The Morgan fingerprint density at radius 2 is 1.50 bits per heavy atom. The van der Waals surface area contributed by atoms with E-state index in [9.17, 15) is 0 Å². The van der Waals surface area contributed by atoms with E-state index < -0.39 is 0 Å². The van der Waals surface area contributed by atoms with Gasteiger partial charge in [-0.3, -0.25) is 0 Å². The minimum Gasteiger partial charge on any atom is -0.0844 e. The van der Waals surface area contributed by atoms with Gasteiger partial charge in [0.15, 0.2) is 0 Å². The Morgan fingerprint density at radius 3 is 2.50 bits per heavy atom. The number of hydrogen-bond acceptors (Lipinski definition) is 0. The van der Waals surface area contributed by atoms with Gasteiger partial charge in [-0.2, -0.15) is 0 Å². The van der Waals surface area contributed by atoms with E-state index in [1.807, 2.05) is 6.08 Å². The first-order valence-electron chi connectivity index (χ1n) is 5.19. The van der Waals surface area contributed by atoms with E-state index in [1.54, 1.807) is 0 Å². The molecule has 0 amide bonds. The molecule has 1 aliphatic carbocycles. The summed E-state index contributed by atoms with van der Waals surface area (Å²) in [6, 6.07) is 0. The van der Waals surface area contributed by atoms with Crippen molar-refractivity contribution in [2.45, 2.75) is 25.7 Å². The van der Waals surface area contributed by atoms with Crippen molar-refractivity contribution in [3.8, 4) is 0 Å². The van der Waals surface area contributed by atoms with E-state index in [0.29, 0.717) is 0 Å². The van der Waals surface area contributed by atoms with Gasteiger partial charge in [0, 0.05) is 0 Å². The van der Waals surface area contributed by atoms with E-state index >= 15 is 0 Å². The van der Waals surface area contributed by atoms with Crippen molar-refractivity contribution in [2.24, 2.45) is 0 Å². The third kappa shape index (κ3) is 6.24. The van der Waals surface area contributed by atoms with Gasteiger partial charge < -0.3 is 0 Å². The molecule has 1 aliphatic rings. The summed E-state index contributed by atoms with van der Waals surface area (Å²) in [5.74, 6) is 0. The Labute approximate surface area is 87.0 Å². The Hall–Kier alpha value is -1.30. The van der Waals surface area contributed by atoms with Crippen molar-refractivity contribution in [1.29, 1.82) is 0 Å². The molecule has 0 heteroatoms. The molecule has 0 N–H and O–H groups in total. The van der Waals surface area contributed by atoms with Crippen LogP contribution in [0.5, 0.6) is 0 Å². The van der Waals surface area contributed by atoms with Crippen molar-refractivity contribution in [3.05, 3.63) is 60.8 Å². The number of rotatable bonds is 0. The summed E-state index contributed by atoms with van der Waals surface area (Å²) in [5.41, 5.74) is 0. The highest BCUT2D eigenvalue weighted by Gasteiger charge is 1.76. The van der Waals surface area contributed by atoms with Gasteiger partial charge in [0.1, 0.15) is 0 Å². The maximum atomic E-state index is 3.14. The van der Waals surface area contributed by atoms with E-state index in [-0.39, 0.29) is 0 Å². The average molecular weight is 185 g/mol. The van der Waals surface area contributed by atoms with Gasteiger partial charge in [-0.1, -0.05) is 54.7 Å². The number of allylic oxidation sites excluding steroid dienone is 10. The molecule has 0 unspecified atom stereocenters. The molecular formula is C14H17. The Kier molecular flexibility index (Phi) is 6.39. The quantitative estimate of drug-likeness (QED) is 0.497. The predicted molar refractivity (Wildman–Crippen MR) is 62.8 cm³/mol. The Morgan fingerprint density at radius 1 is 0.714 bits per heavy atom. The maximum Gasteiger partial charge on any atom is -0.0160 e. The fraction of sp³-hybridized carbons (Fsp3) is 0.286. The monoisotopic (exact) mass is 185 g/mol. The fourth-order valence-corrected chi connectivity index (χ4v) is 1.15. The lowest BCUT2D eigenvalue weighted by molar-refractivity contribution is 1.05. The van der Waals surface area contributed by atoms with Crippen LogP contribution in [-0.4, -0.2) is 0 Å². The second-order valence-electron chi connectivity index (χ2n) is 3.15. The van der Waals surface area contributed by atoms with Crippen LogP contribution in [0, 0.1) is 6.08 Å². The zero-order valence-electron chi connectivity index (χ0n) is 8.52. The van der Waals surface area contributed by atoms with Crippen molar-refractivity contribution in [1.82, 2.24) is 0 Å². The molecule has 1 radical (unpaired) electrons. The smallest absolute Gasteiger partial charge is 0.0160 e. The van der Waals surface area contributed by atoms with E-state index in [1.165, 1.54) is 0 Å². The van der Waals surface area contributed by atoms with Crippen LogP contribution in [0.1, 0.15) is 25.7 Å². The van der Waals surface area contributed by atoms with Crippen LogP contribution >= 0.6 is 0 Å². The first kappa shape index (κ1) is 10.8. The van der Waals surface area contributed by atoms with Gasteiger partial charge in [-0.15, -0.1) is 0 Å². The first-order chi connectivity index (χ1) is 7.00. The van der Waals surface area contributed by atoms with Gasteiger partial charge in [0.05, 0.1) is 0 Å². The highest BCUT2D eigenvalue weighted by Crippen LogP contribution is 1.96. The summed E-state index contributed by atoms with van der Waals surface area (Å²) in [7, 11) is 0.